The van der Waals surface area contributed by atoms with Gasteiger partial charge in [-0.2, -0.15) is 0 Å². The number of rotatable bonds is 3. The molecule has 1 amide bonds. The molecule has 1 aromatic heterocycles. The predicted molar refractivity (Wildman–Crippen MR) is 79.1 cm³/mol. The molecule has 7 heteroatoms. The van der Waals surface area contributed by atoms with E-state index < -0.39 is 5.41 Å². The first-order valence-corrected chi connectivity index (χ1v) is 7.24. The van der Waals surface area contributed by atoms with Gasteiger partial charge in [0.2, 0.25) is 12.7 Å². The molecular weight excluding hydrogens is 306 g/mol. The van der Waals surface area contributed by atoms with Gasteiger partial charge in [-0.3, -0.25) is 9.78 Å². The fourth-order valence-electron chi connectivity index (χ4n) is 2.60. The van der Waals surface area contributed by atoms with Crippen LogP contribution in [0.25, 0.3) is 0 Å². The summed E-state index contributed by atoms with van der Waals surface area (Å²) in [6, 6.07) is 5.62. The van der Waals surface area contributed by atoms with Crippen molar-refractivity contribution in [1.29, 1.82) is 0 Å². The third-order valence-corrected chi connectivity index (χ3v) is 4.14. The molecule has 1 aromatic carbocycles. The average molecular weight is 318 g/mol. The Morgan fingerprint density at radius 3 is 2.82 bits per heavy atom. The topological polar surface area (TPSA) is 73.3 Å². The summed E-state index contributed by atoms with van der Waals surface area (Å²) in [5, 5.41) is 3.02. The number of anilines is 1. The van der Waals surface area contributed by atoms with Crippen molar-refractivity contribution in [3.63, 3.8) is 0 Å². The number of nitrogens with one attached hydrogen (secondary N) is 1. The van der Waals surface area contributed by atoms with E-state index in [2.05, 4.69) is 15.3 Å². The van der Waals surface area contributed by atoms with E-state index in [1.807, 2.05) is 18.2 Å². The lowest BCUT2D eigenvalue weighted by Gasteiger charge is -2.15. The fourth-order valence-corrected chi connectivity index (χ4v) is 2.75. The number of amides is 1. The molecule has 6 nitrogen and oxygen atoms in total. The SMILES string of the molecule is O=C(Nc1cncc(Cl)n1)C1(c2ccc3c(c2)OCO3)CC1. The molecule has 0 radical (unpaired) electrons. The van der Waals surface area contributed by atoms with Gasteiger partial charge in [0.1, 0.15) is 5.15 Å². The quantitative estimate of drug-likeness (QED) is 0.941. The molecule has 1 N–H and O–H groups in total. The molecule has 0 unspecified atom stereocenters. The zero-order valence-electron chi connectivity index (χ0n) is 11.5. The second kappa shape index (κ2) is 4.84. The smallest absolute Gasteiger partial charge is 0.236 e. The lowest BCUT2D eigenvalue weighted by molar-refractivity contribution is -0.118. The monoisotopic (exact) mass is 317 g/mol. The minimum Gasteiger partial charge on any atom is -0.454 e. The van der Waals surface area contributed by atoms with E-state index in [4.69, 9.17) is 21.1 Å². The van der Waals surface area contributed by atoms with Crippen LogP contribution < -0.4 is 14.8 Å². The number of aromatic nitrogens is 2. The molecule has 112 valence electrons. The van der Waals surface area contributed by atoms with E-state index in [0.29, 0.717) is 17.3 Å². The van der Waals surface area contributed by atoms with Crippen LogP contribution in [-0.4, -0.2) is 22.7 Å². The van der Waals surface area contributed by atoms with Gasteiger partial charge in [0.05, 0.1) is 17.8 Å². The molecule has 1 fully saturated rings. The summed E-state index contributed by atoms with van der Waals surface area (Å²) in [6.45, 7) is 0.218. The highest BCUT2D eigenvalue weighted by atomic mass is 35.5. The Morgan fingerprint density at radius 2 is 2.05 bits per heavy atom. The predicted octanol–water partition coefficient (Wildman–Crippen LogP) is 2.53. The van der Waals surface area contributed by atoms with Crippen molar-refractivity contribution < 1.29 is 14.3 Å². The number of carbonyl (C=O) groups is 1. The van der Waals surface area contributed by atoms with Gasteiger partial charge in [0.15, 0.2) is 17.3 Å². The third kappa shape index (κ3) is 2.16. The fraction of sp³-hybridized carbons (Fsp3) is 0.267. The van der Waals surface area contributed by atoms with E-state index in [9.17, 15) is 4.79 Å². The number of fused-ring (bicyclic) bond motifs is 1. The minimum absolute atomic E-state index is 0.108. The lowest BCUT2D eigenvalue weighted by Crippen LogP contribution is -2.28. The Bertz CT molecular complexity index is 761. The maximum absolute atomic E-state index is 12.6. The maximum atomic E-state index is 12.6. The molecule has 22 heavy (non-hydrogen) atoms. The van der Waals surface area contributed by atoms with Crippen molar-refractivity contribution in [2.24, 2.45) is 0 Å². The number of halogens is 1. The Morgan fingerprint density at radius 1 is 1.23 bits per heavy atom. The van der Waals surface area contributed by atoms with Crippen LogP contribution in [0.5, 0.6) is 11.5 Å². The Labute approximate surface area is 131 Å². The second-order valence-corrected chi connectivity index (χ2v) is 5.72. The zero-order chi connectivity index (χ0) is 15.2. The maximum Gasteiger partial charge on any atom is 0.236 e. The number of ether oxygens (including phenoxy) is 2. The summed E-state index contributed by atoms with van der Waals surface area (Å²) in [4.78, 5) is 20.6. The van der Waals surface area contributed by atoms with E-state index in [-0.39, 0.29) is 17.9 Å². The first kappa shape index (κ1) is 13.3. The van der Waals surface area contributed by atoms with Crippen molar-refractivity contribution in [3.8, 4) is 11.5 Å². The summed E-state index contributed by atoms with van der Waals surface area (Å²) < 4.78 is 10.7. The lowest BCUT2D eigenvalue weighted by atomic mass is 9.94. The first-order valence-electron chi connectivity index (χ1n) is 6.86. The molecule has 1 saturated carbocycles. The van der Waals surface area contributed by atoms with Gasteiger partial charge in [-0.05, 0) is 30.5 Å². The Kier molecular flexibility index (Phi) is 2.94. The van der Waals surface area contributed by atoms with Gasteiger partial charge in [0.25, 0.3) is 0 Å². The second-order valence-electron chi connectivity index (χ2n) is 5.33. The van der Waals surface area contributed by atoms with Crippen LogP contribution in [0, 0.1) is 0 Å². The minimum atomic E-state index is -0.537. The van der Waals surface area contributed by atoms with Crippen LogP contribution >= 0.6 is 11.6 Å². The molecule has 2 aromatic rings. The van der Waals surface area contributed by atoms with E-state index >= 15 is 0 Å². The summed E-state index contributed by atoms with van der Waals surface area (Å²) in [5.41, 5.74) is 0.384. The van der Waals surface area contributed by atoms with Crippen molar-refractivity contribution in [2.45, 2.75) is 18.3 Å². The van der Waals surface area contributed by atoms with E-state index in [0.717, 1.165) is 18.4 Å². The van der Waals surface area contributed by atoms with Crippen LogP contribution in [-0.2, 0) is 10.2 Å². The third-order valence-electron chi connectivity index (χ3n) is 3.96. The summed E-state index contributed by atoms with van der Waals surface area (Å²) in [5.74, 6) is 1.63. The summed E-state index contributed by atoms with van der Waals surface area (Å²) >= 11 is 5.78. The molecule has 4 rings (SSSR count). The van der Waals surface area contributed by atoms with Crippen LogP contribution in [0.1, 0.15) is 18.4 Å². The first-order chi connectivity index (χ1) is 10.7. The summed E-state index contributed by atoms with van der Waals surface area (Å²) in [7, 11) is 0. The molecule has 0 bridgehead atoms. The van der Waals surface area contributed by atoms with Crippen molar-refractivity contribution >= 4 is 23.3 Å². The van der Waals surface area contributed by atoms with E-state index in [1.165, 1.54) is 12.4 Å². The van der Waals surface area contributed by atoms with Gasteiger partial charge in [-0.25, -0.2) is 4.98 Å². The summed E-state index contributed by atoms with van der Waals surface area (Å²) in [6.07, 6.45) is 4.46. The zero-order valence-corrected chi connectivity index (χ0v) is 12.3. The van der Waals surface area contributed by atoms with Crippen molar-refractivity contribution in [3.05, 3.63) is 41.3 Å². The van der Waals surface area contributed by atoms with Crippen LogP contribution in [0.2, 0.25) is 5.15 Å². The Balaban J connectivity index is 1.60. The van der Waals surface area contributed by atoms with Crippen LogP contribution in [0.3, 0.4) is 0 Å². The van der Waals surface area contributed by atoms with Crippen LogP contribution in [0.4, 0.5) is 5.82 Å². The highest BCUT2D eigenvalue weighted by Gasteiger charge is 2.51. The van der Waals surface area contributed by atoms with Crippen molar-refractivity contribution in [1.82, 2.24) is 9.97 Å². The molecule has 0 spiro atoms. The molecule has 1 aliphatic heterocycles. The number of carbonyl (C=O) groups excluding carboxylic acids is 1. The van der Waals surface area contributed by atoms with Crippen molar-refractivity contribution in [2.75, 3.05) is 12.1 Å². The Hall–Kier alpha value is -2.34. The molecule has 2 heterocycles. The van der Waals surface area contributed by atoms with Gasteiger partial charge >= 0.3 is 0 Å². The molecule has 0 atom stereocenters. The molecular formula is C15H12ClN3O3. The van der Waals surface area contributed by atoms with Gasteiger partial charge in [-0.1, -0.05) is 17.7 Å². The molecule has 0 saturated heterocycles. The highest BCUT2D eigenvalue weighted by Crippen LogP contribution is 2.51. The number of benzene rings is 1. The van der Waals surface area contributed by atoms with Gasteiger partial charge in [-0.15, -0.1) is 0 Å². The average Bonchev–Trinajstić information content (AvgIpc) is 3.19. The molecule has 2 aliphatic rings. The largest absolute Gasteiger partial charge is 0.454 e. The normalized spacial score (nSPS) is 17.1. The van der Waals surface area contributed by atoms with E-state index in [1.54, 1.807) is 0 Å². The van der Waals surface area contributed by atoms with Crippen LogP contribution in [0.15, 0.2) is 30.6 Å². The van der Waals surface area contributed by atoms with Gasteiger partial charge < -0.3 is 14.8 Å². The molecule has 1 aliphatic carbocycles. The highest BCUT2D eigenvalue weighted by molar-refractivity contribution is 6.29. The number of hydrogen-bond acceptors (Lipinski definition) is 5. The number of nitrogens with zero attached hydrogens (tertiary/aromatic N) is 2. The van der Waals surface area contributed by atoms with Gasteiger partial charge in [0, 0.05) is 0 Å². The standard InChI is InChI=1S/C15H12ClN3O3/c16-12-6-17-7-13(18-12)19-14(20)15(3-4-15)9-1-2-10-11(5-9)22-8-21-10/h1-2,5-7H,3-4,8H2,(H,18,19,20). The number of hydrogen-bond donors (Lipinski definition) is 1.